The third-order valence-electron chi connectivity index (χ3n) is 5.38. The van der Waals surface area contributed by atoms with Crippen molar-refractivity contribution in [2.45, 2.75) is 6.04 Å². The van der Waals surface area contributed by atoms with Crippen molar-refractivity contribution in [3.8, 4) is 0 Å². The molecule has 2 saturated heterocycles. The average molecular weight is 391 g/mol. The van der Waals surface area contributed by atoms with Crippen molar-refractivity contribution in [3.05, 3.63) is 64.1 Å². The summed E-state index contributed by atoms with van der Waals surface area (Å²) in [7, 11) is 0. The van der Waals surface area contributed by atoms with Crippen LogP contribution in [-0.2, 0) is 0 Å². The van der Waals surface area contributed by atoms with E-state index in [1.54, 1.807) is 0 Å². The van der Waals surface area contributed by atoms with Gasteiger partial charge in [0.15, 0.2) is 0 Å². The molecule has 4 rings (SSSR count). The zero-order valence-electron chi connectivity index (χ0n) is 14.7. The van der Waals surface area contributed by atoms with Gasteiger partial charge in [0.2, 0.25) is 0 Å². The van der Waals surface area contributed by atoms with E-state index in [9.17, 15) is 0 Å². The molecule has 0 aliphatic carbocycles. The predicted octanol–water partition coefficient (Wildman–Crippen LogP) is 3.58. The van der Waals surface area contributed by atoms with Crippen molar-refractivity contribution in [3.63, 3.8) is 0 Å². The Labute approximate surface area is 165 Å². The van der Waals surface area contributed by atoms with Crippen molar-refractivity contribution in [2.75, 3.05) is 44.2 Å². The van der Waals surface area contributed by atoms with Crippen molar-refractivity contribution >= 4 is 28.9 Å². The molecule has 2 aliphatic heterocycles. The number of nitrogens with zero attached hydrogens (tertiary/aromatic N) is 2. The van der Waals surface area contributed by atoms with Crippen LogP contribution in [0.15, 0.2) is 48.5 Å². The number of hydrazine groups is 1. The summed E-state index contributed by atoms with van der Waals surface area (Å²) in [4.78, 5) is 5.03. The van der Waals surface area contributed by atoms with E-state index in [1.165, 1.54) is 5.69 Å². The lowest BCUT2D eigenvalue weighted by Gasteiger charge is -2.37. The normalized spacial score (nSPS) is 24.2. The van der Waals surface area contributed by atoms with Gasteiger partial charge in [-0.15, -0.1) is 0 Å². The summed E-state index contributed by atoms with van der Waals surface area (Å²) in [5, 5.41) is 1.41. The molecule has 2 atom stereocenters. The number of piperazine rings is 1. The molecule has 0 spiro atoms. The number of hydrogen-bond acceptors (Lipinski definition) is 4. The van der Waals surface area contributed by atoms with Gasteiger partial charge < -0.3 is 4.90 Å². The Kier molecular flexibility index (Phi) is 5.67. The number of hydrogen-bond donors (Lipinski definition) is 2. The molecule has 4 nitrogen and oxygen atoms in total. The average Bonchev–Trinajstić information content (AvgIpc) is 3.11. The molecule has 26 heavy (non-hydrogen) atoms. The Hall–Kier alpha value is -1.30. The summed E-state index contributed by atoms with van der Waals surface area (Å²) in [6.45, 7) is 6.33. The molecule has 6 heteroatoms. The van der Waals surface area contributed by atoms with Gasteiger partial charge in [-0.3, -0.25) is 10.3 Å². The molecular formula is C20H24Cl2N4. The molecule has 0 radical (unpaired) electrons. The van der Waals surface area contributed by atoms with Crippen molar-refractivity contribution in [1.29, 1.82) is 0 Å². The number of nitrogens with one attached hydrogen (secondary N) is 2. The number of halogens is 2. The second-order valence-corrected chi connectivity index (χ2v) is 7.90. The zero-order chi connectivity index (χ0) is 17.9. The quantitative estimate of drug-likeness (QED) is 0.834. The number of rotatable bonds is 4. The van der Waals surface area contributed by atoms with Gasteiger partial charge in [-0.2, -0.15) is 0 Å². The molecule has 0 aromatic heterocycles. The highest BCUT2D eigenvalue weighted by Crippen LogP contribution is 2.32. The van der Waals surface area contributed by atoms with E-state index < -0.39 is 0 Å². The fourth-order valence-corrected chi connectivity index (χ4v) is 4.48. The number of para-hydroxylation sites is 1. The summed E-state index contributed by atoms with van der Waals surface area (Å²) in [5.41, 5.74) is 9.14. The molecule has 2 aromatic carbocycles. The van der Waals surface area contributed by atoms with E-state index in [-0.39, 0.29) is 6.04 Å². The predicted molar refractivity (Wildman–Crippen MR) is 109 cm³/mol. The first kappa shape index (κ1) is 18.1. The van der Waals surface area contributed by atoms with E-state index in [0.717, 1.165) is 49.9 Å². The Bertz CT molecular complexity index is 732. The monoisotopic (exact) mass is 390 g/mol. The van der Waals surface area contributed by atoms with Gasteiger partial charge in [-0.1, -0.05) is 47.5 Å². The van der Waals surface area contributed by atoms with Crippen molar-refractivity contribution in [2.24, 2.45) is 5.92 Å². The highest BCUT2D eigenvalue weighted by Gasteiger charge is 2.32. The Morgan fingerprint density at radius 2 is 1.73 bits per heavy atom. The molecule has 0 amide bonds. The van der Waals surface area contributed by atoms with Crippen molar-refractivity contribution in [1.82, 2.24) is 15.8 Å². The van der Waals surface area contributed by atoms with E-state index >= 15 is 0 Å². The minimum atomic E-state index is 0.215. The van der Waals surface area contributed by atoms with Crippen LogP contribution in [0.4, 0.5) is 5.69 Å². The SMILES string of the molecule is Clc1ccc(C2NNCC2CN2CCN(c3ccccc3)CC2)c(Cl)c1. The van der Waals surface area contributed by atoms with Crippen LogP contribution in [0.1, 0.15) is 11.6 Å². The maximum atomic E-state index is 6.43. The lowest BCUT2D eigenvalue weighted by atomic mass is 9.94. The van der Waals surface area contributed by atoms with Crippen LogP contribution < -0.4 is 15.8 Å². The first-order valence-corrected chi connectivity index (χ1v) is 9.92. The molecule has 2 N–H and O–H groups in total. The third-order valence-corrected chi connectivity index (χ3v) is 5.94. The van der Waals surface area contributed by atoms with Gasteiger partial charge in [-0.25, -0.2) is 5.43 Å². The number of anilines is 1. The molecule has 2 aromatic rings. The zero-order valence-corrected chi connectivity index (χ0v) is 16.2. The Morgan fingerprint density at radius 3 is 2.46 bits per heavy atom. The largest absolute Gasteiger partial charge is 0.369 e. The van der Waals surface area contributed by atoms with Gasteiger partial charge in [0, 0.05) is 60.9 Å². The second kappa shape index (κ2) is 8.15. The molecule has 2 fully saturated rings. The first-order valence-electron chi connectivity index (χ1n) is 9.16. The van der Waals surface area contributed by atoms with E-state index in [4.69, 9.17) is 23.2 Å². The van der Waals surface area contributed by atoms with Crippen LogP contribution in [0, 0.1) is 5.92 Å². The summed E-state index contributed by atoms with van der Waals surface area (Å²) < 4.78 is 0. The minimum absolute atomic E-state index is 0.215. The summed E-state index contributed by atoms with van der Waals surface area (Å²) >= 11 is 12.5. The topological polar surface area (TPSA) is 30.5 Å². The summed E-state index contributed by atoms with van der Waals surface area (Å²) in [6.07, 6.45) is 0. The van der Waals surface area contributed by atoms with Crippen LogP contribution in [-0.4, -0.2) is 44.2 Å². The highest BCUT2D eigenvalue weighted by atomic mass is 35.5. The van der Waals surface area contributed by atoms with E-state index in [2.05, 4.69) is 51.0 Å². The molecule has 138 valence electrons. The summed E-state index contributed by atoms with van der Waals surface area (Å²) in [5.74, 6) is 0.483. The lowest BCUT2D eigenvalue weighted by Crippen LogP contribution is -2.48. The standard InChI is InChI=1S/C20H24Cl2N4/c21-16-6-7-18(19(22)12-16)20-15(13-23-24-20)14-25-8-10-26(11-9-25)17-4-2-1-3-5-17/h1-7,12,15,20,23-24H,8-11,13-14H2. The third kappa shape index (κ3) is 4.00. The van der Waals surface area contributed by atoms with E-state index in [0.29, 0.717) is 10.9 Å². The van der Waals surface area contributed by atoms with Gasteiger partial charge >= 0.3 is 0 Å². The first-order chi connectivity index (χ1) is 12.7. The summed E-state index contributed by atoms with van der Waals surface area (Å²) in [6, 6.07) is 16.7. The fraction of sp³-hybridized carbons (Fsp3) is 0.400. The molecule has 0 bridgehead atoms. The van der Waals surface area contributed by atoms with E-state index in [1.807, 2.05) is 18.2 Å². The molecular weight excluding hydrogens is 367 g/mol. The van der Waals surface area contributed by atoms with Gasteiger partial charge in [0.25, 0.3) is 0 Å². The molecule has 2 unspecified atom stereocenters. The maximum Gasteiger partial charge on any atom is 0.0530 e. The van der Waals surface area contributed by atoms with Crippen LogP contribution >= 0.6 is 23.2 Å². The van der Waals surface area contributed by atoms with Crippen LogP contribution in [0.3, 0.4) is 0 Å². The van der Waals surface area contributed by atoms with Crippen LogP contribution in [0.2, 0.25) is 10.0 Å². The maximum absolute atomic E-state index is 6.43. The Balaban J connectivity index is 1.37. The second-order valence-electron chi connectivity index (χ2n) is 7.05. The van der Waals surface area contributed by atoms with Crippen LogP contribution in [0.5, 0.6) is 0 Å². The highest BCUT2D eigenvalue weighted by molar-refractivity contribution is 6.35. The number of benzene rings is 2. The van der Waals surface area contributed by atoms with Gasteiger partial charge in [0.05, 0.1) is 6.04 Å². The minimum Gasteiger partial charge on any atom is -0.369 e. The van der Waals surface area contributed by atoms with Gasteiger partial charge in [0.1, 0.15) is 0 Å². The molecule has 2 aliphatic rings. The van der Waals surface area contributed by atoms with Crippen molar-refractivity contribution < 1.29 is 0 Å². The van der Waals surface area contributed by atoms with Crippen LogP contribution in [0.25, 0.3) is 0 Å². The Morgan fingerprint density at radius 1 is 0.962 bits per heavy atom. The molecule has 0 saturated carbocycles. The molecule has 2 heterocycles. The fourth-order valence-electron chi connectivity index (χ4n) is 3.95. The lowest BCUT2D eigenvalue weighted by molar-refractivity contribution is 0.214. The van der Waals surface area contributed by atoms with Gasteiger partial charge in [-0.05, 0) is 29.8 Å². The smallest absolute Gasteiger partial charge is 0.0530 e.